The predicted octanol–water partition coefficient (Wildman–Crippen LogP) is 3.26. The summed E-state index contributed by atoms with van der Waals surface area (Å²) in [5, 5.41) is 8.64. The summed E-state index contributed by atoms with van der Waals surface area (Å²) in [6, 6.07) is 12.2. The SMILES string of the molecule is CO[C@@H](/C=C\c1ccccc1)[C@@H](C)CC#N. The molecule has 0 amide bonds. The van der Waals surface area contributed by atoms with Gasteiger partial charge in [0.25, 0.3) is 0 Å². The first kappa shape index (κ1) is 12.5. The Kier molecular flexibility index (Phi) is 5.31. The van der Waals surface area contributed by atoms with Crippen molar-refractivity contribution in [2.45, 2.75) is 19.4 Å². The molecule has 0 aliphatic rings. The van der Waals surface area contributed by atoms with E-state index >= 15 is 0 Å². The van der Waals surface area contributed by atoms with Gasteiger partial charge in [0.1, 0.15) is 0 Å². The maximum atomic E-state index is 8.64. The van der Waals surface area contributed by atoms with Gasteiger partial charge in [-0.2, -0.15) is 5.26 Å². The molecule has 0 fully saturated rings. The van der Waals surface area contributed by atoms with Crippen LogP contribution in [0.25, 0.3) is 6.08 Å². The molecule has 0 saturated carbocycles. The van der Waals surface area contributed by atoms with Crippen LogP contribution in [0.1, 0.15) is 18.9 Å². The van der Waals surface area contributed by atoms with Gasteiger partial charge in [0.05, 0.1) is 12.2 Å². The van der Waals surface area contributed by atoms with E-state index in [2.05, 4.69) is 6.07 Å². The van der Waals surface area contributed by atoms with Crippen molar-refractivity contribution in [2.24, 2.45) is 5.92 Å². The Labute approximate surface area is 97.2 Å². The Morgan fingerprint density at radius 2 is 2.06 bits per heavy atom. The monoisotopic (exact) mass is 215 g/mol. The summed E-state index contributed by atoms with van der Waals surface area (Å²) in [6.45, 7) is 2.02. The number of methoxy groups -OCH3 is 1. The molecule has 2 atom stereocenters. The predicted molar refractivity (Wildman–Crippen MR) is 65.7 cm³/mol. The van der Waals surface area contributed by atoms with Gasteiger partial charge < -0.3 is 4.74 Å². The summed E-state index contributed by atoms with van der Waals surface area (Å²) in [7, 11) is 1.67. The number of hydrogen-bond donors (Lipinski definition) is 0. The quantitative estimate of drug-likeness (QED) is 0.755. The Bertz CT molecular complexity index is 364. The van der Waals surface area contributed by atoms with E-state index in [1.165, 1.54) is 0 Å². The number of nitrogens with zero attached hydrogens (tertiary/aromatic N) is 1. The molecule has 2 heteroatoms. The van der Waals surface area contributed by atoms with E-state index < -0.39 is 0 Å². The summed E-state index contributed by atoms with van der Waals surface area (Å²) in [5.74, 6) is 0.218. The lowest BCUT2D eigenvalue weighted by Gasteiger charge is -2.16. The molecule has 0 aromatic heterocycles. The van der Waals surface area contributed by atoms with E-state index in [1.807, 2.05) is 49.4 Å². The van der Waals surface area contributed by atoms with E-state index in [0.717, 1.165) is 5.56 Å². The number of ether oxygens (including phenoxy) is 1. The summed E-state index contributed by atoms with van der Waals surface area (Å²) in [5.41, 5.74) is 1.15. The Balaban J connectivity index is 2.63. The average Bonchev–Trinajstić information content (AvgIpc) is 2.31. The van der Waals surface area contributed by atoms with Crippen LogP contribution >= 0.6 is 0 Å². The zero-order chi connectivity index (χ0) is 11.8. The molecule has 84 valence electrons. The van der Waals surface area contributed by atoms with Crippen molar-refractivity contribution in [1.29, 1.82) is 5.26 Å². The van der Waals surface area contributed by atoms with Crippen LogP contribution in [0.4, 0.5) is 0 Å². The lowest BCUT2D eigenvalue weighted by molar-refractivity contribution is 0.0988. The standard InChI is InChI=1S/C14H17NO/c1-12(10-11-15)14(16-2)9-8-13-6-4-3-5-7-13/h3-9,12,14H,10H2,1-2H3/b9-8-/t12-,14-/m0/s1. The van der Waals surface area contributed by atoms with Crippen LogP contribution in [0.15, 0.2) is 36.4 Å². The molecule has 0 radical (unpaired) electrons. The van der Waals surface area contributed by atoms with Crippen LogP contribution in [0.5, 0.6) is 0 Å². The third-order valence-corrected chi connectivity index (χ3v) is 2.52. The number of hydrogen-bond acceptors (Lipinski definition) is 2. The summed E-state index contributed by atoms with van der Waals surface area (Å²) in [6.07, 6.45) is 4.55. The lowest BCUT2D eigenvalue weighted by atomic mass is 10.0. The molecular weight excluding hydrogens is 198 g/mol. The van der Waals surface area contributed by atoms with Crippen LogP contribution in [-0.4, -0.2) is 13.2 Å². The van der Waals surface area contributed by atoms with Crippen LogP contribution < -0.4 is 0 Å². The third kappa shape index (κ3) is 3.88. The second-order valence-corrected chi connectivity index (χ2v) is 3.81. The van der Waals surface area contributed by atoms with Crippen molar-refractivity contribution in [3.8, 4) is 6.07 Å². The van der Waals surface area contributed by atoms with Gasteiger partial charge in [0.2, 0.25) is 0 Å². The van der Waals surface area contributed by atoms with Gasteiger partial charge in [-0.1, -0.05) is 49.4 Å². The molecule has 16 heavy (non-hydrogen) atoms. The highest BCUT2D eigenvalue weighted by molar-refractivity contribution is 5.49. The van der Waals surface area contributed by atoms with E-state index in [-0.39, 0.29) is 12.0 Å². The van der Waals surface area contributed by atoms with Crippen LogP contribution in [0.3, 0.4) is 0 Å². The maximum Gasteiger partial charge on any atom is 0.0790 e. The highest BCUT2D eigenvalue weighted by atomic mass is 16.5. The van der Waals surface area contributed by atoms with Gasteiger partial charge in [-0.3, -0.25) is 0 Å². The van der Waals surface area contributed by atoms with Gasteiger partial charge in [-0.25, -0.2) is 0 Å². The minimum Gasteiger partial charge on any atom is -0.377 e. The van der Waals surface area contributed by atoms with E-state index in [4.69, 9.17) is 10.00 Å². The molecule has 1 rings (SSSR count). The smallest absolute Gasteiger partial charge is 0.0790 e. The van der Waals surface area contributed by atoms with Crippen molar-refractivity contribution in [2.75, 3.05) is 7.11 Å². The molecule has 0 aliphatic carbocycles. The second-order valence-electron chi connectivity index (χ2n) is 3.81. The third-order valence-electron chi connectivity index (χ3n) is 2.52. The van der Waals surface area contributed by atoms with Crippen molar-refractivity contribution in [3.05, 3.63) is 42.0 Å². The maximum absolute atomic E-state index is 8.64. The molecule has 0 aliphatic heterocycles. The van der Waals surface area contributed by atoms with Crippen molar-refractivity contribution in [3.63, 3.8) is 0 Å². The van der Waals surface area contributed by atoms with E-state index in [9.17, 15) is 0 Å². The fourth-order valence-corrected chi connectivity index (χ4v) is 1.53. The van der Waals surface area contributed by atoms with Crippen molar-refractivity contribution >= 4 is 6.08 Å². The van der Waals surface area contributed by atoms with Crippen molar-refractivity contribution < 1.29 is 4.74 Å². The number of benzene rings is 1. The first-order valence-electron chi connectivity index (χ1n) is 5.41. The lowest BCUT2D eigenvalue weighted by Crippen LogP contribution is -2.17. The van der Waals surface area contributed by atoms with Gasteiger partial charge in [0, 0.05) is 13.5 Å². The minimum absolute atomic E-state index is 0.000133. The molecule has 0 saturated heterocycles. The number of nitriles is 1. The van der Waals surface area contributed by atoms with Gasteiger partial charge in [-0.15, -0.1) is 0 Å². The van der Waals surface area contributed by atoms with E-state index in [1.54, 1.807) is 7.11 Å². The fourth-order valence-electron chi connectivity index (χ4n) is 1.53. The number of rotatable bonds is 5. The molecule has 0 bridgehead atoms. The molecule has 1 aromatic carbocycles. The highest BCUT2D eigenvalue weighted by Crippen LogP contribution is 2.13. The topological polar surface area (TPSA) is 33.0 Å². The zero-order valence-electron chi connectivity index (χ0n) is 9.76. The zero-order valence-corrected chi connectivity index (χ0v) is 9.76. The minimum atomic E-state index is -0.000133. The van der Waals surface area contributed by atoms with Crippen LogP contribution in [0, 0.1) is 17.2 Å². The molecule has 0 spiro atoms. The molecule has 2 nitrogen and oxygen atoms in total. The van der Waals surface area contributed by atoms with Gasteiger partial charge in [-0.05, 0) is 11.5 Å². The molecule has 0 heterocycles. The average molecular weight is 215 g/mol. The summed E-state index contributed by atoms with van der Waals surface area (Å²) >= 11 is 0. The Hall–Kier alpha value is -1.59. The molecule has 0 unspecified atom stereocenters. The first-order valence-corrected chi connectivity index (χ1v) is 5.41. The first-order chi connectivity index (χ1) is 7.77. The van der Waals surface area contributed by atoms with Gasteiger partial charge in [0.15, 0.2) is 0 Å². The Morgan fingerprint density at radius 1 is 1.38 bits per heavy atom. The highest BCUT2D eigenvalue weighted by Gasteiger charge is 2.12. The molecule has 1 aromatic rings. The molecule has 0 N–H and O–H groups in total. The molecular formula is C14H17NO. The fraction of sp³-hybridized carbons (Fsp3) is 0.357. The summed E-state index contributed by atoms with van der Waals surface area (Å²) < 4.78 is 5.35. The Morgan fingerprint density at radius 3 is 2.62 bits per heavy atom. The summed E-state index contributed by atoms with van der Waals surface area (Å²) in [4.78, 5) is 0. The van der Waals surface area contributed by atoms with Crippen LogP contribution in [-0.2, 0) is 4.74 Å². The van der Waals surface area contributed by atoms with Crippen LogP contribution in [0.2, 0.25) is 0 Å². The largest absolute Gasteiger partial charge is 0.377 e. The van der Waals surface area contributed by atoms with Gasteiger partial charge >= 0.3 is 0 Å². The van der Waals surface area contributed by atoms with E-state index in [0.29, 0.717) is 6.42 Å². The normalized spacial score (nSPS) is 14.6. The van der Waals surface area contributed by atoms with Crippen molar-refractivity contribution in [1.82, 2.24) is 0 Å². The second kappa shape index (κ2) is 6.81.